The van der Waals surface area contributed by atoms with E-state index in [4.69, 9.17) is 9.26 Å². The first-order valence-corrected chi connectivity index (χ1v) is 9.46. The highest BCUT2D eigenvalue weighted by atomic mass is 16.5. The number of ether oxygens (including phenoxy) is 1. The Hall–Kier alpha value is -2.42. The molecule has 5 heterocycles. The molecule has 4 atom stereocenters. The summed E-state index contributed by atoms with van der Waals surface area (Å²) in [6, 6.07) is 0.485. The van der Waals surface area contributed by atoms with Crippen LogP contribution in [0.1, 0.15) is 55.8 Å². The van der Waals surface area contributed by atoms with Gasteiger partial charge in [0.15, 0.2) is 5.82 Å². The van der Waals surface area contributed by atoms with Crippen molar-refractivity contribution in [3.8, 4) is 0 Å². The molecular formula is C17H21N7O2. The van der Waals surface area contributed by atoms with Gasteiger partial charge in [0.05, 0.1) is 19.1 Å². The third-order valence-corrected chi connectivity index (χ3v) is 6.17. The van der Waals surface area contributed by atoms with Crippen LogP contribution in [0.3, 0.4) is 0 Å². The summed E-state index contributed by atoms with van der Waals surface area (Å²) in [5.74, 6) is 3.63. The van der Waals surface area contributed by atoms with Crippen molar-refractivity contribution in [3.63, 3.8) is 0 Å². The quantitative estimate of drug-likeness (QED) is 0.875. The highest BCUT2D eigenvalue weighted by molar-refractivity contribution is 6.08. The van der Waals surface area contributed by atoms with Crippen molar-refractivity contribution in [2.45, 2.75) is 50.2 Å². The minimum atomic E-state index is 0.129. The Kier molecular flexibility index (Phi) is 3.13. The molecule has 3 aliphatic heterocycles. The van der Waals surface area contributed by atoms with E-state index in [2.05, 4.69) is 35.1 Å². The van der Waals surface area contributed by atoms with E-state index in [1.54, 1.807) is 0 Å². The third kappa shape index (κ3) is 2.00. The van der Waals surface area contributed by atoms with Gasteiger partial charge < -0.3 is 13.8 Å². The molecule has 9 nitrogen and oxygen atoms in total. The summed E-state index contributed by atoms with van der Waals surface area (Å²) >= 11 is 0. The van der Waals surface area contributed by atoms with Crippen LogP contribution in [0.4, 0.5) is 5.82 Å². The average Bonchev–Trinajstić information content (AvgIpc) is 3.47. The molecule has 1 saturated carbocycles. The fourth-order valence-corrected chi connectivity index (χ4v) is 4.88. The minimum Gasteiger partial charge on any atom is -0.381 e. The molecule has 0 radical (unpaired) electrons. The molecule has 1 N–H and O–H groups in total. The van der Waals surface area contributed by atoms with Gasteiger partial charge in [0.2, 0.25) is 5.84 Å². The molecule has 9 heteroatoms. The van der Waals surface area contributed by atoms with Crippen molar-refractivity contribution in [2.75, 3.05) is 18.1 Å². The van der Waals surface area contributed by atoms with Crippen LogP contribution in [0.2, 0.25) is 0 Å². The topological polar surface area (TPSA) is 93.6 Å². The normalized spacial score (nSPS) is 32.6. The van der Waals surface area contributed by atoms with E-state index in [0.29, 0.717) is 36.1 Å². The van der Waals surface area contributed by atoms with E-state index in [1.807, 2.05) is 12.5 Å². The molecule has 0 aromatic carbocycles. The monoisotopic (exact) mass is 355 g/mol. The minimum absolute atomic E-state index is 0.129. The summed E-state index contributed by atoms with van der Waals surface area (Å²) in [6.45, 7) is 1.42. The molecule has 0 amide bonds. The van der Waals surface area contributed by atoms with Crippen molar-refractivity contribution in [1.29, 1.82) is 0 Å². The summed E-state index contributed by atoms with van der Waals surface area (Å²) in [4.78, 5) is 11.2. The van der Waals surface area contributed by atoms with Crippen LogP contribution in [0.5, 0.6) is 0 Å². The van der Waals surface area contributed by atoms with Crippen LogP contribution in [0.25, 0.3) is 0 Å². The Morgan fingerprint density at radius 2 is 2.15 bits per heavy atom. The molecule has 2 aromatic heterocycles. The SMILES string of the molecule is c1ncn2c1N1C(c3nc(C4CCOC4)no3)=NNC1C1CCCCC12. The summed E-state index contributed by atoms with van der Waals surface area (Å²) in [5.41, 5.74) is 3.34. The first kappa shape index (κ1) is 14.7. The lowest BCUT2D eigenvalue weighted by Crippen LogP contribution is -2.53. The zero-order valence-electron chi connectivity index (χ0n) is 14.4. The first-order chi connectivity index (χ1) is 12.9. The predicted molar refractivity (Wildman–Crippen MR) is 91.6 cm³/mol. The van der Waals surface area contributed by atoms with Crippen molar-refractivity contribution in [3.05, 3.63) is 24.2 Å². The second-order valence-electron chi connectivity index (χ2n) is 7.57. The smallest absolute Gasteiger partial charge is 0.295 e. The lowest BCUT2D eigenvalue weighted by molar-refractivity contribution is 0.175. The fourth-order valence-electron chi connectivity index (χ4n) is 4.88. The van der Waals surface area contributed by atoms with Gasteiger partial charge in [0.25, 0.3) is 5.89 Å². The van der Waals surface area contributed by atoms with Gasteiger partial charge in [0.1, 0.15) is 12.0 Å². The molecule has 0 bridgehead atoms. The number of anilines is 1. The fraction of sp³-hybridized carbons (Fsp3) is 0.647. The Bertz CT molecular complexity index is 853. The molecular weight excluding hydrogens is 334 g/mol. The van der Waals surface area contributed by atoms with Gasteiger partial charge in [-0.1, -0.05) is 18.0 Å². The number of hydrogen-bond donors (Lipinski definition) is 1. The standard InChI is InChI=1S/C17H21N7O2/c1-2-4-12-11(3-1)15-20-21-16(24(15)13-7-18-9-23(12)13)17-19-14(22-26-17)10-5-6-25-8-10/h7,9-12,15,20H,1-6,8H2. The Morgan fingerprint density at radius 1 is 1.19 bits per heavy atom. The summed E-state index contributed by atoms with van der Waals surface area (Å²) in [5, 5.41) is 8.77. The molecule has 26 heavy (non-hydrogen) atoms. The van der Waals surface area contributed by atoms with E-state index in [9.17, 15) is 0 Å². The highest BCUT2D eigenvalue weighted by Gasteiger charge is 2.47. The molecule has 4 unspecified atom stereocenters. The lowest BCUT2D eigenvalue weighted by atomic mass is 9.80. The largest absolute Gasteiger partial charge is 0.381 e. The molecule has 136 valence electrons. The van der Waals surface area contributed by atoms with Gasteiger partial charge in [-0.05, 0) is 19.3 Å². The second kappa shape index (κ2) is 5.54. The molecule has 1 aliphatic carbocycles. The van der Waals surface area contributed by atoms with Crippen LogP contribution in [-0.2, 0) is 4.74 Å². The van der Waals surface area contributed by atoms with Crippen LogP contribution in [0.15, 0.2) is 22.1 Å². The summed E-state index contributed by atoms with van der Waals surface area (Å²) < 4.78 is 13.3. The summed E-state index contributed by atoms with van der Waals surface area (Å²) in [6.07, 6.45) is 9.84. The number of nitrogens with one attached hydrogen (secondary N) is 1. The van der Waals surface area contributed by atoms with Gasteiger partial charge in [-0.15, -0.1) is 0 Å². The van der Waals surface area contributed by atoms with E-state index in [-0.39, 0.29) is 12.1 Å². The van der Waals surface area contributed by atoms with Gasteiger partial charge in [-0.25, -0.2) is 4.98 Å². The number of rotatable bonds is 2. The molecule has 4 aliphatic rings. The number of imidazole rings is 1. The third-order valence-electron chi connectivity index (χ3n) is 6.17. The zero-order chi connectivity index (χ0) is 17.1. The maximum atomic E-state index is 5.58. The zero-order valence-corrected chi connectivity index (χ0v) is 14.4. The maximum absolute atomic E-state index is 5.58. The van der Waals surface area contributed by atoms with Crippen LogP contribution in [-0.4, -0.2) is 44.9 Å². The number of hydrazone groups is 1. The van der Waals surface area contributed by atoms with E-state index >= 15 is 0 Å². The molecule has 0 spiro atoms. The lowest BCUT2D eigenvalue weighted by Gasteiger charge is -2.45. The highest BCUT2D eigenvalue weighted by Crippen LogP contribution is 2.45. The molecule has 1 saturated heterocycles. The molecule has 6 rings (SSSR count). The van der Waals surface area contributed by atoms with Crippen molar-refractivity contribution in [1.82, 2.24) is 25.1 Å². The number of aromatic nitrogens is 4. The van der Waals surface area contributed by atoms with Crippen LogP contribution < -0.4 is 10.3 Å². The van der Waals surface area contributed by atoms with Crippen LogP contribution >= 0.6 is 0 Å². The van der Waals surface area contributed by atoms with Gasteiger partial charge >= 0.3 is 0 Å². The molecule has 2 fully saturated rings. The van der Waals surface area contributed by atoms with Gasteiger partial charge in [-0.2, -0.15) is 10.1 Å². The predicted octanol–water partition coefficient (Wildman–Crippen LogP) is 1.61. The van der Waals surface area contributed by atoms with Crippen molar-refractivity contribution in [2.24, 2.45) is 11.0 Å². The Morgan fingerprint density at radius 3 is 3.08 bits per heavy atom. The van der Waals surface area contributed by atoms with Gasteiger partial charge in [-0.3, -0.25) is 10.3 Å². The number of amidine groups is 1. The average molecular weight is 355 g/mol. The van der Waals surface area contributed by atoms with Gasteiger partial charge in [0, 0.05) is 24.5 Å². The number of hydrogen-bond acceptors (Lipinski definition) is 8. The Labute approximate surface area is 150 Å². The first-order valence-electron chi connectivity index (χ1n) is 9.46. The van der Waals surface area contributed by atoms with E-state index in [0.717, 1.165) is 18.8 Å². The summed E-state index contributed by atoms with van der Waals surface area (Å²) in [7, 11) is 0. The van der Waals surface area contributed by atoms with E-state index < -0.39 is 0 Å². The number of fused-ring (bicyclic) bond motifs is 6. The second-order valence-corrected chi connectivity index (χ2v) is 7.57. The maximum Gasteiger partial charge on any atom is 0.295 e. The number of nitrogens with zero attached hydrogens (tertiary/aromatic N) is 6. The van der Waals surface area contributed by atoms with Crippen LogP contribution in [0, 0.1) is 5.92 Å². The van der Waals surface area contributed by atoms with Crippen molar-refractivity contribution < 1.29 is 9.26 Å². The van der Waals surface area contributed by atoms with Crippen molar-refractivity contribution >= 4 is 11.7 Å². The van der Waals surface area contributed by atoms with E-state index in [1.165, 1.54) is 25.7 Å². The Balaban J connectivity index is 1.37. The molecule has 2 aromatic rings.